The van der Waals surface area contributed by atoms with E-state index in [9.17, 15) is 14.3 Å². The van der Waals surface area contributed by atoms with Gasteiger partial charge in [-0.3, -0.25) is 9.78 Å². The number of pyridine rings is 1. The molecule has 5 rings (SSSR count). The molecule has 7 heteroatoms. The number of aryl methyl sites for hydroxylation is 1. The second-order valence-corrected chi connectivity index (χ2v) is 12.5. The largest absolute Gasteiger partial charge is 0.493 e. The molecule has 6 nitrogen and oxygen atoms in total. The molecule has 2 fully saturated rings. The number of nitrogens with zero attached hydrogens (tertiary/aromatic N) is 2. The van der Waals surface area contributed by atoms with Gasteiger partial charge in [0, 0.05) is 36.3 Å². The number of carboxylic acids is 1. The molecule has 0 radical (unpaired) electrons. The topological polar surface area (TPSA) is 71.9 Å². The number of carboxylic acid groups (broad SMARTS) is 1. The Balaban J connectivity index is 1.47. The summed E-state index contributed by atoms with van der Waals surface area (Å²) in [6, 6.07) is 14.5. The summed E-state index contributed by atoms with van der Waals surface area (Å²) in [7, 11) is 0. The second-order valence-electron chi connectivity index (χ2n) is 12.5. The van der Waals surface area contributed by atoms with E-state index in [0.29, 0.717) is 19.6 Å². The summed E-state index contributed by atoms with van der Waals surface area (Å²) in [5.74, 6) is -0.353. The SMILES string of the molecule is Cc1nc(COC2CCCC2)c(-c2ccc(OCCc3ccc(F)cc3)cc2)c(N2CCC(C)(C)CC2)c1CC(=O)O. The maximum absolute atomic E-state index is 13.2. The number of aliphatic carboxylic acids is 1. The van der Waals surface area contributed by atoms with Gasteiger partial charge in [0.15, 0.2) is 0 Å². The molecule has 0 bridgehead atoms. The molecule has 0 atom stereocenters. The lowest BCUT2D eigenvalue weighted by atomic mass is 9.82. The highest BCUT2D eigenvalue weighted by molar-refractivity contribution is 5.86. The van der Waals surface area contributed by atoms with Crippen molar-refractivity contribution in [2.75, 3.05) is 24.6 Å². The van der Waals surface area contributed by atoms with Crippen molar-refractivity contribution in [2.45, 2.75) is 84.8 Å². The smallest absolute Gasteiger partial charge is 0.307 e. The minimum Gasteiger partial charge on any atom is -0.493 e. The summed E-state index contributed by atoms with van der Waals surface area (Å²) < 4.78 is 25.6. The van der Waals surface area contributed by atoms with Crippen molar-refractivity contribution in [3.8, 4) is 16.9 Å². The lowest BCUT2D eigenvalue weighted by Gasteiger charge is -2.40. The van der Waals surface area contributed by atoms with Crippen molar-refractivity contribution in [2.24, 2.45) is 5.41 Å². The first-order valence-electron chi connectivity index (χ1n) is 15.3. The van der Waals surface area contributed by atoms with Crippen LogP contribution in [0.3, 0.4) is 0 Å². The summed E-state index contributed by atoms with van der Waals surface area (Å²) in [5, 5.41) is 9.88. The summed E-state index contributed by atoms with van der Waals surface area (Å²) in [6.07, 6.45) is 7.46. The Hall–Kier alpha value is -3.45. The van der Waals surface area contributed by atoms with E-state index in [1.54, 1.807) is 12.1 Å². The molecule has 42 heavy (non-hydrogen) atoms. The summed E-state index contributed by atoms with van der Waals surface area (Å²) >= 11 is 0. The van der Waals surface area contributed by atoms with Gasteiger partial charge in [0.05, 0.1) is 37.1 Å². The van der Waals surface area contributed by atoms with E-state index >= 15 is 0 Å². The van der Waals surface area contributed by atoms with E-state index in [1.165, 1.54) is 25.0 Å². The van der Waals surface area contributed by atoms with Crippen LogP contribution in [0.4, 0.5) is 10.1 Å². The van der Waals surface area contributed by atoms with E-state index in [-0.39, 0.29) is 23.8 Å². The Kier molecular flexibility index (Phi) is 9.47. The Morgan fingerprint density at radius 1 is 1.05 bits per heavy atom. The molecule has 0 amide bonds. The van der Waals surface area contributed by atoms with E-state index in [2.05, 4.69) is 18.7 Å². The van der Waals surface area contributed by atoms with Crippen molar-refractivity contribution >= 4 is 11.7 Å². The summed E-state index contributed by atoms with van der Waals surface area (Å²) in [6.45, 7) is 9.14. The number of carbonyl (C=O) groups is 1. The highest BCUT2D eigenvalue weighted by Gasteiger charge is 2.31. The third-order valence-electron chi connectivity index (χ3n) is 8.79. The van der Waals surface area contributed by atoms with Crippen LogP contribution in [0.15, 0.2) is 48.5 Å². The van der Waals surface area contributed by atoms with Gasteiger partial charge in [0.25, 0.3) is 0 Å². The molecule has 224 valence electrons. The molecule has 1 aromatic heterocycles. The monoisotopic (exact) mass is 574 g/mol. The Bertz CT molecular complexity index is 1360. The molecule has 3 aromatic rings. The number of ether oxygens (including phenoxy) is 2. The number of aromatic nitrogens is 1. The maximum atomic E-state index is 13.2. The van der Waals surface area contributed by atoms with Gasteiger partial charge in [0.2, 0.25) is 0 Å². The van der Waals surface area contributed by atoms with Crippen LogP contribution in [-0.4, -0.2) is 41.9 Å². The van der Waals surface area contributed by atoms with Crippen LogP contribution < -0.4 is 9.64 Å². The number of halogens is 1. The summed E-state index contributed by atoms with van der Waals surface area (Å²) in [5.41, 5.74) is 6.60. The molecule has 0 unspecified atom stereocenters. The fourth-order valence-electron chi connectivity index (χ4n) is 6.15. The molecule has 1 aliphatic heterocycles. The minimum atomic E-state index is -0.857. The van der Waals surface area contributed by atoms with Crippen LogP contribution >= 0.6 is 0 Å². The van der Waals surface area contributed by atoms with Gasteiger partial charge in [0.1, 0.15) is 11.6 Å². The van der Waals surface area contributed by atoms with Gasteiger partial charge in [-0.25, -0.2) is 4.39 Å². The second kappa shape index (κ2) is 13.2. The normalized spacial score (nSPS) is 17.0. The van der Waals surface area contributed by atoms with E-state index in [4.69, 9.17) is 14.5 Å². The van der Waals surface area contributed by atoms with Crippen LogP contribution in [-0.2, 0) is 29.0 Å². The average molecular weight is 575 g/mol. The number of anilines is 1. The van der Waals surface area contributed by atoms with E-state index < -0.39 is 5.97 Å². The van der Waals surface area contributed by atoms with Gasteiger partial charge in [-0.15, -0.1) is 0 Å². The zero-order valence-electron chi connectivity index (χ0n) is 25.1. The van der Waals surface area contributed by atoms with Crippen LogP contribution in [0, 0.1) is 18.2 Å². The lowest BCUT2D eigenvalue weighted by Crippen LogP contribution is -2.38. The number of piperidine rings is 1. The van der Waals surface area contributed by atoms with Crippen molar-refractivity contribution in [3.63, 3.8) is 0 Å². The zero-order valence-corrected chi connectivity index (χ0v) is 25.1. The molecular formula is C35H43FN2O4. The lowest BCUT2D eigenvalue weighted by molar-refractivity contribution is -0.136. The van der Waals surface area contributed by atoms with E-state index in [1.807, 2.05) is 31.2 Å². The molecule has 1 aliphatic carbocycles. The van der Waals surface area contributed by atoms with Gasteiger partial charge in [-0.2, -0.15) is 0 Å². The van der Waals surface area contributed by atoms with Crippen molar-refractivity contribution in [1.82, 2.24) is 4.98 Å². The molecule has 2 aromatic carbocycles. The van der Waals surface area contributed by atoms with Crippen molar-refractivity contribution in [1.29, 1.82) is 0 Å². The molecule has 2 aliphatic rings. The zero-order chi connectivity index (χ0) is 29.7. The quantitative estimate of drug-likeness (QED) is 0.255. The fraction of sp³-hybridized carbons (Fsp3) is 0.486. The number of hydrogen-bond donors (Lipinski definition) is 1. The molecule has 2 heterocycles. The molecule has 1 N–H and O–H groups in total. The highest BCUT2D eigenvalue weighted by atomic mass is 19.1. The molecule has 1 saturated heterocycles. The van der Waals surface area contributed by atoms with Gasteiger partial charge >= 0.3 is 5.97 Å². The molecule has 1 saturated carbocycles. The van der Waals surface area contributed by atoms with Crippen LogP contribution in [0.2, 0.25) is 0 Å². The Labute approximate surface area is 248 Å². The predicted molar refractivity (Wildman–Crippen MR) is 164 cm³/mol. The highest BCUT2D eigenvalue weighted by Crippen LogP contribution is 2.42. The first kappa shape index (κ1) is 30.0. The Morgan fingerprint density at radius 2 is 1.71 bits per heavy atom. The first-order valence-corrected chi connectivity index (χ1v) is 15.3. The van der Waals surface area contributed by atoms with Crippen LogP contribution in [0.5, 0.6) is 5.75 Å². The molecule has 0 spiro atoms. The minimum absolute atomic E-state index is 0.0740. The van der Waals surface area contributed by atoms with Crippen LogP contribution in [0.25, 0.3) is 11.1 Å². The standard InChI is InChI=1S/C35H43FN2O4/c1-24-30(22-32(39)40)34(38-19-17-35(2,3)18-20-38)33(31(37-24)23-42-28-6-4-5-7-28)26-10-14-29(15-11-26)41-21-16-25-8-12-27(36)13-9-25/h8-15,28H,4-7,16-23H2,1-3H3,(H,39,40). The Morgan fingerprint density at radius 3 is 2.36 bits per heavy atom. The summed E-state index contributed by atoms with van der Waals surface area (Å²) in [4.78, 5) is 19.4. The van der Waals surface area contributed by atoms with Gasteiger partial charge in [-0.05, 0) is 73.4 Å². The fourth-order valence-corrected chi connectivity index (χ4v) is 6.15. The first-order chi connectivity index (χ1) is 20.2. The maximum Gasteiger partial charge on any atom is 0.307 e. The van der Waals surface area contributed by atoms with E-state index in [0.717, 1.165) is 83.9 Å². The molecular weight excluding hydrogens is 531 g/mol. The average Bonchev–Trinajstić information content (AvgIpc) is 3.48. The third-order valence-corrected chi connectivity index (χ3v) is 8.79. The predicted octanol–water partition coefficient (Wildman–Crippen LogP) is 7.53. The van der Waals surface area contributed by atoms with Crippen molar-refractivity contribution < 1.29 is 23.8 Å². The van der Waals surface area contributed by atoms with Gasteiger partial charge < -0.3 is 19.5 Å². The third kappa shape index (κ3) is 7.49. The number of benzene rings is 2. The number of rotatable bonds is 11. The van der Waals surface area contributed by atoms with Gasteiger partial charge in [-0.1, -0.05) is 51.0 Å². The van der Waals surface area contributed by atoms with Crippen LogP contribution in [0.1, 0.15) is 74.9 Å². The number of hydrogen-bond acceptors (Lipinski definition) is 5. The van der Waals surface area contributed by atoms with Crippen molar-refractivity contribution in [3.05, 3.63) is 76.9 Å².